The molecular weight excluding hydrogens is 446 g/mol. The number of primary amides is 1. The minimum atomic E-state index is -0.767. The van der Waals surface area contributed by atoms with Gasteiger partial charge in [-0.1, -0.05) is 40.2 Å². The van der Waals surface area contributed by atoms with Gasteiger partial charge in [0.1, 0.15) is 0 Å². The van der Waals surface area contributed by atoms with Crippen molar-refractivity contribution in [1.29, 1.82) is 0 Å². The fraction of sp³-hybridized carbons (Fsp3) is 0.391. The monoisotopic (exact) mass is 473 g/mol. The van der Waals surface area contributed by atoms with Crippen LogP contribution in [0.3, 0.4) is 0 Å². The molecule has 0 spiro atoms. The van der Waals surface area contributed by atoms with Crippen molar-refractivity contribution in [1.82, 2.24) is 4.90 Å². The molecule has 2 aromatic rings. The van der Waals surface area contributed by atoms with Crippen molar-refractivity contribution in [3.05, 3.63) is 64.1 Å². The number of fused-ring (bicyclic) bond motifs is 1. The van der Waals surface area contributed by atoms with Crippen molar-refractivity contribution >= 4 is 33.6 Å². The Hall–Kier alpha value is -2.38. The van der Waals surface area contributed by atoms with E-state index >= 15 is 0 Å². The summed E-state index contributed by atoms with van der Waals surface area (Å²) in [4.78, 5) is 26.9. The van der Waals surface area contributed by atoms with Crippen molar-refractivity contribution in [2.75, 3.05) is 24.5 Å². The highest BCUT2D eigenvalue weighted by Crippen LogP contribution is 2.35. The van der Waals surface area contributed by atoms with E-state index in [1.807, 2.05) is 24.3 Å². The normalized spacial score (nSPS) is 15.2. The van der Waals surface area contributed by atoms with Gasteiger partial charge in [0.05, 0.1) is 0 Å². The third kappa shape index (κ3) is 5.83. The Balaban J connectivity index is 1.66. The number of hydrogen-bond acceptors (Lipinski definition) is 3. The van der Waals surface area contributed by atoms with Gasteiger partial charge in [-0.2, -0.15) is 0 Å². The van der Waals surface area contributed by atoms with Gasteiger partial charge in [-0.05, 0) is 67.6 Å². The summed E-state index contributed by atoms with van der Waals surface area (Å²) in [6, 6.07) is 15.8. The third-order valence-corrected chi connectivity index (χ3v) is 6.14. The standard InChI is InChI=1S/C23H28BrN3O3/c24-18-9-11-19(12-10-18)27(23(25)30)16-4-15-26(14-3-7-22(28)29)21-13-8-17-5-1-2-6-20(17)21/h1-2,5-6,9-12,21H,3-4,7-8,13-16H2,(H2,25,30)(H,28,29)/t21-/m1/s1. The van der Waals surface area contributed by atoms with Crippen LogP contribution in [0, 0.1) is 0 Å². The van der Waals surface area contributed by atoms with Gasteiger partial charge in [-0.15, -0.1) is 0 Å². The maximum absolute atomic E-state index is 12.0. The maximum Gasteiger partial charge on any atom is 0.319 e. The van der Waals surface area contributed by atoms with Crippen molar-refractivity contribution < 1.29 is 14.7 Å². The topological polar surface area (TPSA) is 86.9 Å². The predicted molar refractivity (Wildman–Crippen MR) is 122 cm³/mol. The Morgan fingerprint density at radius 3 is 2.43 bits per heavy atom. The number of carbonyl (C=O) groups is 2. The maximum atomic E-state index is 12.0. The van der Waals surface area contributed by atoms with Crippen LogP contribution >= 0.6 is 15.9 Å². The average Bonchev–Trinajstić information content (AvgIpc) is 3.14. The number of hydrogen-bond donors (Lipinski definition) is 2. The van der Waals surface area contributed by atoms with Gasteiger partial charge in [0.25, 0.3) is 0 Å². The molecule has 0 unspecified atom stereocenters. The number of nitrogens with two attached hydrogens (primary N) is 1. The second-order valence-corrected chi connectivity index (χ2v) is 8.52. The summed E-state index contributed by atoms with van der Waals surface area (Å²) in [5, 5.41) is 9.03. The molecule has 160 valence electrons. The minimum Gasteiger partial charge on any atom is -0.481 e. The molecule has 7 heteroatoms. The largest absolute Gasteiger partial charge is 0.481 e. The molecule has 0 aliphatic heterocycles. The van der Waals surface area contributed by atoms with Crippen molar-refractivity contribution in [2.45, 2.75) is 38.1 Å². The van der Waals surface area contributed by atoms with Gasteiger partial charge < -0.3 is 10.8 Å². The summed E-state index contributed by atoms with van der Waals surface area (Å²) in [5.41, 5.74) is 9.11. The number of rotatable bonds is 10. The van der Waals surface area contributed by atoms with Crippen LogP contribution in [-0.2, 0) is 11.2 Å². The highest BCUT2D eigenvalue weighted by Gasteiger charge is 2.27. The zero-order valence-electron chi connectivity index (χ0n) is 17.0. The van der Waals surface area contributed by atoms with Gasteiger partial charge in [-0.3, -0.25) is 14.6 Å². The van der Waals surface area contributed by atoms with Crippen molar-refractivity contribution in [2.24, 2.45) is 5.73 Å². The van der Waals surface area contributed by atoms with E-state index in [9.17, 15) is 9.59 Å². The Bertz CT molecular complexity index is 872. The molecule has 0 fully saturated rings. The SMILES string of the molecule is NC(=O)N(CCCN(CCCC(=O)O)[C@@H]1CCc2ccccc21)c1ccc(Br)cc1. The summed E-state index contributed by atoms with van der Waals surface area (Å²) in [5.74, 6) is -0.767. The fourth-order valence-electron chi connectivity index (χ4n) is 4.19. The Kier molecular flexibility index (Phi) is 7.87. The number of benzene rings is 2. The van der Waals surface area contributed by atoms with E-state index in [1.165, 1.54) is 11.1 Å². The van der Waals surface area contributed by atoms with Gasteiger partial charge in [0.15, 0.2) is 0 Å². The quantitative estimate of drug-likeness (QED) is 0.528. The third-order valence-electron chi connectivity index (χ3n) is 5.61. The highest BCUT2D eigenvalue weighted by molar-refractivity contribution is 9.10. The first kappa shape index (κ1) is 22.3. The van der Waals surface area contributed by atoms with Crippen LogP contribution in [0.5, 0.6) is 0 Å². The summed E-state index contributed by atoms with van der Waals surface area (Å²) >= 11 is 3.41. The number of nitrogens with zero attached hydrogens (tertiary/aromatic N) is 2. The second-order valence-electron chi connectivity index (χ2n) is 7.61. The number of carboxylic acids is 1. The first-order chi connectivity index (χ1) is 14.5. The van der Waals surface area contributed by atoms with Crippen molar-refractivity contribution in [3.63, 3.8) is 0 Å². The average molecular weight is 474 g/mol. The van der Waals surface area contributed by atoms with Gasteiger partial charge in [0, 0.05) is 35.7 Å². The molecular formula is C23H28BrN3O3. The molecule has 1 atom stereocenters. The lowest BCUT2D eigenvalue weighted by Gasteiger charge is -2.30. The number of aliphatic carboxylic acids is 1. The first-order valence-corrected chi connectivity index (χ1v) is 11.1. The molecule has 0 heterocycles. The van der Waals surface area contributed by atoms with E-state index in [2.05, 4.69) is 45.1 Å². The van der Waals surface area contributed by atoms with E-state index in [-0.39, 0.29) is 6.42 Å². The molecule has 30 heavy (non-hydrogen) atoms. The van der Waals surface area contributed by atoms with E-state index in [4.69, 9.17) is 10.8 Å². The highest BCUT2D eigenvalue weighted by atomic mass is 79.9. The van der Waals surface area contributed by atoms with Crippen LogP contribution in [0.25, 0.3) is 0 Å². The first-order valence-electron chi connectivity index (χ1n) is 10.3. The molecule has 0 bridgehead atoms. The van der Waals surface area contributed by atoms with E-state index in [1.54, 1.807) is 4.90 Å². The van der Waals surface area contributed by atoms with E-state index in [0.29, 0.717) is 19.0 Å². The molecule has 3 N–H and O–H groups in total. The fourth-order valence-corrected chi connectivity index (χ4v) is 4.45. The Labute approximate surface area is 185 Å². The Morgan fingerprint density at radius 1 is 1.03 bits per heavy atom. The summed E-state index contributed by atoms with van der Waals surface area (Å²) in [6.07, 6.45) is 3.61. The van der Waals surface area contributed by atoms with Crippen molar-refractivity contribution in [3.8, 4) is 0 Å². The van der Waals surface area contributed by atoms with E-state index < -0.39 is 12.0 Å². The molecule has 3 rings (SSSR count). The smallest absolute Gasteiger partial charge is 0.319 e. The lowest BCUT2D eigenvalue weighted by Crippen LogP contribution is -2.38. The molecule has 1 aliphatic carbocycles. The number of carboxylic acid groups (broad SMARTS) is 1. The molecule has 0 radical (unpaired) electrons. The molecule has 1 aliphatic rings. The van der Waals surface area contributed by atoms with Crippen LogP contribution in [0.15, 0.2) is 53.0 Å². The number of halogens is 1. The van der Waals surface area contributed by atoms with Crippen LogP contribution in [0.2, 0.25) is 0 Å². The van der Waals surface area contributed by atoms with E-state index in [0.717, 1.165) is 42.5 Å². The summed E-state index contributed by atoms with van der Waals surface area (Å²) < 4.78 is 0.945. The molecule has 2 aromatic carbocycles. The predicted octanol–water partition coefficient (Wildman–Crippen LogP) is 4.58. The molecule has 6 nitrogen and oxygen atoms in total. The number of urea groups is 1. The molecule has 0 saturated carbocycles. The van der Waals surface area contributed by atoms with Crippen LogP contribution in [0.4, 0.5) is 10.5 Å². The number of carbonyl (C=O) groups excluding carboxylic acids is 1. The lowest BCUT2D eigenvalue weighted by molar-refractivity contribution is -0.137. The van der Waals surface area contributed by atoms with Crippen LogP contribution < -0.4 is 10.6 Å². The zero-order chi connectivity index (χ0) is 21.5. The molecule has 2 amide bonds. The number of amides is 2. The summed E-state index contributed by atoms with van der Waals surface area (Å²) in [7, 11) is 0. The number of anilines is 1. The molecule has 0 saturated heterocycles. The zero-order valence-corrected chi connectivity index (χ0v) is 18.6. The minimum absolute atomic E-state index is 0.164. The summed E-state index contributed by atoms with van der Waals surface area (Å²) in [6.45, 7) is 2.01. The van der Waals surface area contributed by atoms with Crippen LogP contribution in [-0.4, -0.2) is 41.6 Å². The lowest BCUT2D eigenvalue weighted by atomic mass is 10.1. The molecule has 0 aromatic heterocycles. The second kappa shape index (κ2) is 10.6. The number of aryl methyl sites for hydroxylation is 1. The van der Waals surface area contributed by atoms with Crippen LogP contribution in [0.1, 0.15) is 42.9 Å². The van der Waals surface area contributed by atoms with Gasteiger partial charge in [0.2, 0.25) is 0 Å². The van der Waals surface area contributed by atoms with Gasteiger partial charge >= 0.3 is 12.0 Å². The van der Waals surface area contributed by atoms with Gasteiger partial charge in [-0.25, -0.2) is 4.79 Å². The Morgan fingerprint density at radius 2 is 1.73 bits per heavy atom.